The first-order chi connectivity index (χ1) is 14.0. The second-order valence-corrected chi connectivity index (χ2v) is 8.25. The van der Waals surface area contributed by atoms with E-state index in [1.807, 2.05) is 11.0 Å². The van der Waals surface area contributed by atoms with E-state index in [0.717, 1.165) is 24.8 Å². The molecule has 0 bridgehead atoms. The summed E-state index contributed by atoms with van der Waals surface area (Å²) in [5.41, 5.74) is 0.544. The Morgan fingerprint density at radius 2 is 1.97 bits per heavy atom. The van der Waals surface area contributed by atoms with Gasteiger partial charge in [0.2, 0.25) is 0 Å². The molecule has 1 amide bonds. The third kappa shape index (κ3) is 4.19. The first-order valence-corrected chi connectivity index (χ1v) is 10.4. The molecule has 154 valence electrons. The van der Waals surface area contributed by atoms with Gasteiger partial charge >= 0.3 is 5.97 Å². The second-order valence-electron chi connectivity index (χ2n) is 8.25. The number of carbonyl (C=O) groups excluding carboxylic acids is 1. The van der Waals surface area contributed by atoms with Gasteiger partial charge in [0.15, 0.2) is 5.75 Å². The van der Waals surface area contributed by atoms with Crippen LogP contribution in [0.1, 0.15) is 48.9 Å². The molecule has 2 aliphatic rings. The van der Waals surface area contributed by atoms with Crippen molar-refractivity contribution >= 4 is 22.8 Å². The topological polar surface area (TPSA) is 103 Å². The number of hydrogen-bond acceptors (Lipinski definition) is 5. The number of hydrogen-bond donors (Lipinski definition) is 3. The summed E-state index contributed by atoms with van der Waals surface area (Å²) in [6, 6.07) is 6.09. The maximum atomic E-state index is 12.8. The van der Waals surface area contributed by atoms with Crippen LogP contribution in [0.5, 0.6) is 5.75 Å². The molecule has 1 aliphatic heterocycles. The van der Waals surface area contributed by atoms with Crippen LogP contribution in [0.3, 0.4) is 0 Å². The number of fused-ring (bicyclic) bond motifs is 1. The summed E-state index contributed by atoms with van der Waals surface area (Å²) in [6.45, 7) is 1.29. The average molecular weight is 397 g/mol. The van der Waals surface area contributed by atoms with Crippen molar-refractivity contribution in [2.24, 2.45) is 5.92 Å². The van der Waals surface area contributed by atoms with Crippen molar-refractivity contribution in [3.63, 3.8) is 0 Å². The highest BCUT2D eigenvalue weighted by molar-refractivity contribution is 6.02. The smallest absolute Gasteiger partial charge is 0.321 e. The number of carboxylic acid groups (broad SMARTS) is 1. The molecule has 1 saturated carbocycles. The molecule has 7 heteroatoms. The van der Waals surface area contributed by atoms with Gasteiger partial charge < -0.3 is 15.5 Å². The van der Waals surface area contributed by atoms with Gasteiger partial charge in [0.05, 0.1) is 5.56 Å². The molecule has 2 heterocycles. The van der Waals surface area contributed by atoms with Gasteiger partial charge in [-0.05, 0) is 37.3 Å². The number of aromatic hydroxyl groups is 1. The van der Waals surface area contributed by atoms with Crippen LogP contribution in [0.15, 0.2) is 30.5 Å². The molecule has 1 aromatic heterocycles. The van der Waals surface area contributed by atoms with Crippen molar-refractivity contribution in [1.29, 1.82) is 0 Å². The Balaban J connectivity index is 1.45. The van der Waals surface area contributed by atoms with Crippen LogP contribution >= 0.6 is 0 Å². The lowest BCUT2D eigenvalue weighted by Crippen LogP contribution is -2.40. The Bertz CT molecular complexity index is 910. The highest BCUT2D eigenvalue weighted by atomic mass is 16.4. The number of rotatable bonds is 5. The lowest BCUT2D eigenvalue weighted by molar-refractivity contribution is -0.142. The van der Waals surface area contributed by atoms with Gasteiger partial charge in [0, 0.05) is 30.7 Å². The summed E-state index contributed by atoms with van der Waals surface area (Å²) in [5.74, 6) is -0.845. The normalized spacial score (nSPS) is 23.3. The predicted octanol–water partition coefficient (Wildman–Crippen LogP) is 2.78. The minimum atomic E-state index is -0.838. The molecule has 1 aliphatic carbocycles. The number of carboxylic acids is 1. The molecule has 3 N–H and O–H groups in total. The van der Waals surface area contributed by atoms with E-state index in [9.17, 15) is 19.8 Å². The number of aliphatic carboxylic acids is 1. The summed E-state index contributed by atoms with van der Waals surface area (Å²) < 4.78 is 0. The molecule has 1 aromatic carbocycles. The summed E-state index contributed by atoms with van der Waals surface area (Å²) in [5, 5.41) is 23.8. The zero-order valence-electron chi connectivity index (χ0n) is 16.4. The minimum Gasteiger partial charge on any atom is -0.505 e. The first-order valence-electron chi connectivity index (χ1n) is 10.4. The maximum absolute atomic E-state index is 12.8. The van der Waals surface area contributed by atoms with Gasteiger partial charge in [-0.2, -0.15) is 0 Å². The molecule has 0 unspecified atom stereocenters. The Labute approximate surface area is 169 Å². The van der Waals surface area contributed by atoms with Crippen molar-refractivity contribution in [2.75, 3.05) is 13.1 Å². The van der Waals surface area contributed by atoms with E-state index in [0.29, 0.717) is 24.4 Å². The van der Waals surface area contributed by atoms with Crippen LogP contribution in [0.2, 0.25) is 0 Å². The van der Waals surface area contributed by atoms with Crippen molar-refractivity contribution in [3.8, 4) is 5.75 Å². The zero-order chi connectivity index (χ0) is 20.4. The molecule has 2 aromatic rings. The molecule has 2 atom stereocenters. The number of amides is 1. The number of pyridine rings is 1. The number of aromatic nitrogens is 1. The Morgan fingerprint density at radius 1 is 1.17 bits per heavy atom. The molecule has 4 rings (SSSR count). The van der Waals surface area contributed by atoms with E-state index in [-0.39, 0.29) is 17.4 Å². The molecule has 1 saturated heterocycles. The van der Waals surface area contributed by atoms with Gasteiger partial charge in [-0.1, -0.05) is 31.4 Å². The van der Waals surface area contributed by atoms with Crippen molar-refractivity contribution in [2.45, 2.75) is 50.6 Å². The molecule has 7 nitrogen and oxygen atoms in total. The van der Waals surface area contributed by atoms with Gasteiger partial charge in [0.1, 0.15) is 11.6 Å². The average Bonchev–Trinajstić information content (AvgIpc) is 3.11. The number of nitrogens with one attached hydrogen (secondary N) is 1. The van der Waals surface area contributed by atoms with Crippen LogP contribution in [0.25, 0.3) is 10.9 Å². The van der Waals surface area contributed by atoms with Crippen LogP contribution in [-0.2, 0) is 4.79 Å². The fourth-order valence-electron chi connectivity index (χ4n) is 4.74. The predicted molar refractivity (Wildman–Crippen MR) is 109 cm³/mol. The number of phenols is 1. The zero-order valence-corrected chi connectivity index (χ0v) is 16.4. The number of nitrogens with zero attached hydrogens (tertiary/aromatic N) is 2. The molecular formula is C22H27N3O4. The SMILES string of the molecule is O=C(N[C@H]1C[C@@H](C(=O)O)N(CC2CCCCC2)C1)c1ccc2cccnc2c1O. The summed E-state index contributed by atoms with van der Waals surface area (Å²) in [4.78, 5) is 30.7. The van der Waals surface area contributed by atoms with Gasteiger partial charge in [-0.25, -0.2) is 0 Å². The van der Waals surface area contributed by atoms with E-state index in [1.54, 1.807) is 24.4 Å². The first kappa shape index (κ1) is 19.6. The third-order valence-corrected chi connectivity index (χ3v) is 6.23. The molecule has 0 radical (unpaired) electrons. The lowest BCUT2D eigenvalue weighted by Gasteiger charge is -2.29. The van der Waals surface area contributed by atoms with Crippen molar-refractivity contribution in [1.82, 2.24) is 15.2 Å². The Hall–Kier alpha value is -2.67. The van der Waals surface area contributed by atoms with Gasteiger partial charge in [0.25, 0.3) is 5.91 Å². The quantitative estimate of drug-likeness (QED) is 0.717. The molecule has 0 spiro atoms. The van der Waals surface area contributed by atoms with Crippen LogP contribution in [-0.4, -0.2) is 57.1 Å². The largest absolute Gasteiger partial charge is 0.505 e. The van der Waals surface area contributed by atoms with Crippen LogP contribution in [0.4, 0.5) is 0 Å². The number of benzene rings is 1. The van der Waals surface area contributed by atoms with Crippen LogP contribution < -0.4 is 5.32 Å². The molecule has 29 heavy (non-hydrogen) atoms. The number of carbonyl (C=O) groups is 2. The van der Waals surface area contributed by atoms with E-state index >= 15 is 0 Å². The standard InChI is InChI=1S/C22H27N3O4/c26-20-17(9-8-15-7-4-10-23-19(15)20)21(27)24-16-11-18(22(28)29)25(13-16)12-14-5-2-1-3-6-14/h4,7-10,14,16,18,26H,1-3,5-6,11-13H2,(H,24,27)(H,28,29)/t16-,18-/m0/s1. The Morgan fingerprint density at radius 3 is 2.72 bits per heavy atom. The Kier molecular flexibility index (Phi) is 5.67. The van der Waals surface area contributed by atoms with Gasteiger partial charge in [-0.3, -0.25) is 19.5 Å². The van der Waals surface area contributed by atoms with Crippen molar-refractivity contribution < 1.29 is 19.8 Å². The summed E-state index contributed by atoms with van der Waals surface area (Å²) in [7, 11) is 0. The van der Waals surface area contributed by atoms with E-state index in [1.165, 1.54) is 19.3 Å². The van der Waals surface area contributed by atoms with Crippen LogP contribution in [0, 0.1) is 5.92 Å². The molecule has 2 fully saturated rings. The highest BCUT2D eigenvalue weighted by Gasteiger charge is 2.38. The third-order valence-electron chi connectivity index (χ3n) is 6.23. The van der Waals surface area contributed by atoms with E-state index < -0.39 is 17.9 Å². The van der Waals surface area contributed by atoms with E-state index in [2.05, 4.69) is 10.3 Å². The number of likely N-dealkylation sites (tertiary alicyclic amines) is 1. The van der Waals surface area contributed by atoms with E-state index in [4.69, 9.17) is 0 Å². The lowest BCUT2D eigenvalue weighted by atomic mass is 9.89. The fourth-order valence-corrected chi connectivity index (χ4v) is 4.74. The monoisotopic (exact) mass is 397 g/mol. The van der Waals surface area contributed by atoms with Crippen molar-refractivity contribution in [3.05, 3.63) is 36.0 Å². The summed E-state index contributed by atoms with van der Waals surface area (Å²) >= 11 is 0. The van der Waals surface area contributed by atoms with Gasteiger partial charge in [-0.15, -0.1) is 0 Å². The second kappa shape index (κ2) is 8.37. The fraction of sp³-hybridized carbons (Fsp3) is 0.500. The maximum Gasteiger partial charge on any atom is 0.321 e. The number of phenolic OH excluding ortho intramolecular Hbond substituents is 1. The highest BCUT2D eigenvalue weighted by Crippen LogP contribution is 2.29. The molecular weight excluding hydrogens is 370 g/mol. The minimum absolute atomic E-state index is 0.146. The summed E-state index contributed by atoms with van der Waals surface area (Å²) in [6.07, 6.45) is 7.94.